The number of fused-ring (bicyclic) bond motifs is 1. The van der Waals surface area contributed by atoms with Crippen LogP contribution in [0.3, 0.4) is 0 Å². The molecule has 0 aliphatic rings. The van der Waals surface area contributed by atoms with Crippen LogP contribution >= 0.6 is 23.4 Å². The molecule has 0 atom stereocenters. The van der Waals surface area contributed by atoms with Crippen molar-refractivity contribution in [2.45, 2.75) is 23.1 Å². The van der Waals surface area contributed by atoms with E-state index >= 15 is 0 Å². The van der Waals surface area contributed by atoms with E-state index in [1.165, 1.54) is 0 Å². The highest BCUT2D eigenvalue weighted by atomic mass is 35.5. The number of ether oxygens (including phenoxy) is 1. The normalized spacial score (nSPS) is 11.0. The van der Waals surface area contributed by atoms with E-state index < -0.39 is 0 Å². The topological polar surface area (TPSA) is 52.3 Å². The molecule has 4 rings (SSSR count). The SMILES string of the molecule is CCOC(=O)Cc1ccc(-c2nc3ccc(Sc4ccc(Cl)cc4)cc3o2)cc1. The number of nitrogens with zero attached hydrogens (tertiary/aromatic N) is 1. The second-order valence-electron chi connectivity index (χ2n) is 6.38. The van der Waals surface area contributed by atoms with E-state index in [4.69, 9.17) is 20.8 Å². The monoisotopic (exact) mass is 423 g/mol. The van der Waals surface area contributed by atoms with Gasteiger partial charge in [-0.25, -0.2) is 4.98 Å². The van der Waals surface area contributed by atoms with Gasteiger partial charge < -0.3 is 9.15 Å². The maximum absolute atomic E-state index is 11.6. The number of halogens is 1. The maximum atomic E-state index is 11.6. The molecule has 0 aliphatic heterocycles. The van der Waals surface area contributed by atoms with Crippen molar-refractivity contribution in [3.8, 4) is 11.5 Å². The average Bonchev–Trinajstić information content (AvgIpc) is 3.14. The molecular formula is C23H18ClNO3S. The molecule has 4 aromatic rings. The molecule has 3 aromatic carbocycles. The molecule has 0 saturated heterocycles. The van der Waals surface area contributed by atoms with Crippen LogP contribution in [0, 0.1) is 0 Å². The fraction of sp³-hybridized carbons (Fsp3) is 0.130. The number of carbonyl (C=O) groups excluding carboxylic acids is 1. The largest absolute Gasteiger partial charge is 0.466 e. The van der Waals surface area contributed by atoms with Crippen LogP contribution in [0.1, 0.15) is 12.5 Å². The van der Waals surface area contributed by atoms with Gasteiger partial charge in [-0.15, -0.1) is 0 Å². The summed E-state index contributed by atoms with van der Waals surface area (Å²) in [6, 6.07) is 21.3. The zero-order valence-corrected chi connectivity index (χ0v) is 17.3. The molecule has 0 bridgehead atoms. The number of oxazole rings is 1. The van der Waals surface area contributed by atoms with E-state index in [-0.39, 0.29) is 12.4 Å². The Hall–Kier alpha value is -2.76. The number of aromatic nitrogens is 1. The van der Waals surface area contributed by atoms with E-state index in [9.17, 15) is 4.79 Å². The van der Waals surface area contributed by atoms with Crippen molar-refractivity contribution in [3.05, 3.63) is 77.3 Å². The Morgan fingerprint density at radius 2 is 1.76 bits per heavy atom. The van der Waals surface area contributed by atoms with Gasteiger partial charge in [0, 0.05) is 20.4 Å². The second kappa shape index (κ2) is 8.72. The minimum atomic E-state index is -0.229. The predicted molar refractivity (Wildman–Crippen MR) is 115 cm³/mol. The second-order valence-corrected chi connectivity index (χ2v) is 7.97. The smallest absolute Gasteiger partial charge is 0.310 e. The van der Waals surface area contributed by atoms with Crippen LogP contribution in [0.5, 0.6) is 0 Å². The first kappa shape index (κ1) is 19.6. The van der Waals surface area contributed by atoms with Crippen molar-refractivity contribution in [2.24, 2.45) is 0 Å². The van der Waals surface area contributed by atoms with Gasteiger partial charge in [0.2, 0.25) is 5.89 Å². The van der Waals surface area contributed by atoms with Crippen molar-refractivity contribution in [1.29, 1.82) is 0 Å². The molecule has 4 nitrogen and oxygen atoms in total. The third-order valence-corrected chi connectivity index (χ3v) is 5.51. The summed E-state index contributed by atoms with van der Waals surface area (Å²) < 4.78 is 11.0. The number of rotatable bonds is 6. The van der Waals surface area contributed by atoms with Crippen LogP contribution in [0.4, 0.5) is 0 Å². The van der Waals surface area contributed by atoms with Gasteiger partial charge in [0.25, 0.3) is 0 Å². The van der Waals surface area contributed by atoms with Gasteiger partial charge in [0.05, 0.1) is 13.0 Å². The third kappa shape index (κ3) is 4.81. The fourth-order valence-electron chi connectivity index (χ4n) is 2.87. The van der Waals surface area contributed by atoms with Crippen molar-refractivity contribution in [3.63, 3.8) is 0 Å². The van der Waals surface area contributed by atoms with E-state index in [1.54, 1.807) is 18.7 Å². The summed E-state index contributed by atoms with van der Waals surface area (Å²) in [5, 5.41) is 0.720. The van der Waals surface area contributed by atoms with Gasteiger partial charge in [0.15, 0.2) is 5.58 Å². The number of benzene rings is 3. The van der Waals surface area contributed by atoms with E-state index in [1.807, 2.05) is 66.7 Å². The van der Waals surface area contributed by atoms with Gasteiger partial charge in [-0.2, -0.15) is 0 Å². The van der Waals surface area contributed by atoms with Gasteiger partial charge in [-0.1, -0.05) is 35.5 Å². The fourth-order valence-corrected chi connectivity index (χ4v) is 3.85. The Morgan fingerprint density at radius 1 is 1.03 bits per heavy atom. The van der Waals surface area contributed by atoms with Crippen molar-refractivity contribution >= 4 is 40.4 Å². The standard InChI is InChI=1S/C23H18ClNO3S/c1-2-27-22(26)13-15-3-5-16(6-4-15)23-25-20-12-11-19(14-21(20)28-23)29-18-9-7-17(24)8-10-18/h3-12,14H,2,13H2,1H3. The van der Waals surface area contributed by atoms with Crippen molar-refractivity contribution < 1.29 is 13.9 Å². The molecular weight excluding hydrogens is 406 g/mol. The molecule has 0 N–H and O–H groups in total. The summed E-state index contributed by atoms with van der Waals surface area (Å²) in [7, 11) is 0. The van der Waals surface area contributed by atoms with Crippen LogP contribution in [-0.4, -0.2) is 17.6 Å². The summed E-state index contributed by atoms with van der Waals surface area (Å²) in [4.78, 5) is 18.3. The number of carbonyl (C=O) groups is 1. The third-order valence-electron chi connectivity index (χ3n) is 4.26. The quantitative estimate of drug-likeness (QED) is 0.335. The Kier molecular flexibility index (Phi) is 5.88. The van der Waals surface area contributed by atoms with Crippen LogP contribution < -0.4 is 0 Å². The molecule has 0 aliphatic carbocycles. The lowest BCUT2D eigenvalue weighted by molar-refractivity contribution is -0.142. The Morgan fingerprint density at radius 3 is 2.48 bits per heavy atom. The molecule has 0 amide bonds. The highest BCUT2D eigenvalue weighted by Gasteiger charge is 2.11. The van der Waals surface area contributed by atoms with E-state index in [2.05, 4.69) is 4.98 Å². The molecule has 29 heavy (non-hydrogen) atoms. The molecule has 146 valence electrons. The van der Waals surface area contributed by atoms with E-state index in [0.717, 1.165) is 37.0 Å². The first-order chi connectivity index (χ1) is 14.1. The lowest BCUT2D eigenvalue weighted by Crippen LogP contribution is -2.07. The Labute approximate surface area is 177 Å². The van der Waals surface area contributed by atoms with Crippen LogP contribution in [0.25, 0.3) is 22.6 Å². The summed E-state index contributed by atoms with van der Waals surface area (Å²) in [5.41, 5.74) is 3.29. The molecule has 0 saturated carbocycles. The molecule has 0 fully saturated rings. The molecule has 0 radical (unpaired) electrons. The number of esters is 1. The van der Waals surface area contributed by atoms with Gasteiger partial charge in [-0.05, 0) is 67.1 Å². The Bertz CT molecular complexity index is 1140. The van der Waals surface area contributed by atoms with Gasteiger partial charge in [-0.3, -0.25) is 4.79 Å². The molecule has 6 heteroatoms. The Balaban J connectivity index is 1.52. The number of hydrogen-bond acceptors (Lipinski definition) is 5. The number of hydrogen-bond donors (Lipinski definition) is 0. The average molecular weight is 424 g/mol. The summed E-state index contributed by atoms with van der Waals surface area (Å²) >= 11 is 7.58. The summed E-state index contributed by atoms with van der Waals surface area (Å²) in [6.45, 7) is 2.19. The predicted octanol–water partition coefficient (Wildman–Crippen LogP) is 6.41. The highest BCUT2D eigenvalue weighted by molar-refractivity contribution is 7.99. The molecule has 1 heterocycles. The van der Waals surface area contributed by atoms with Crippen LogP contribution in [0.2, 0.25) is 5.02 Å². The maximum Gasteiger partial charge on any atom is 0.310 e. The minimum Gasteiger partial charge on any atom is -0.466 e. The van der Waals surface area contributed by atoms with Crippen molar-refractivity contribution in [2.75, 3.05) is 6.61 Å². The zero-order chi connectivity index (χ0) is 20.2. The summed E-state index contributed by atoms with van der Waals surface area (Å²) in [6.07, 6.45) is 0.257. The van der Waals surface area contributed by atoms with Crippen molar-refractivity contribution in [1.82, 2.24) is 4.98 Å². The first-order valence-electron chi connectivity index (χ1n) is 9.19. The van der Waals surface area contributed by atoms with E-state index in [0.29, 0.717) is 12.5 Å². The first-order valence-corrected chi connectivity index (χ1v) is 10.4. The highest BCUT2D eigenvalue weighted by Crippen LogP contribution is 2.32. The minimum absolute atomic E-state index is 0.229. The van der Waals surface area contributed by atoms with Gasteiger partial charge in [0.1, 0.15) is 5.52 Å². The summed E-state index contributed by atoms with van der Waals surface area (Å²) in [5.74, 6) is 0.323. The molecule has 0 unspecified atom stereocenters. The van der Waals surface area contributed by atoms with Crippen LogP contribution in [0.15, 0.2) is 80.9 Å². The lowest BCUT2D eigenvalue weighted by Gasteiger charge is -2.02. The molecule has 1 aromatic heterocycles. The zero-order valence-electron chi connectivity index (χ0n) is 15.7. The van der Waals surface area contributed by atoms with Gasteiger partial charge >= 0.3 is 5.97 Å². The lowest BCUT2D eigenvalue weighted by atomic mass is 10.1. The molecule has 0 spiro atoms. The van der Waals surface area contributed by atoms with Crippen LogP contribution in [-0.2, 0) is 16.0 Å².